The molecule has 0 amide bonds. The van der Waals surface area contributed by atoms with Crippen molar-refractivity contribution in [3.8, 4) is 0 Å². The predicted molar refractivity (Wildman–Crippen MR) is 84.1 cm³/mol. The first-order valence-corrected chi connectivity index (χ1v) is 9.45. The van der Waals surface area contributed by atoms with E-state index in [1.807, 2.05) is 6.92 Å². The fraction of sp³-hybridized carbons (Fsp3) is 0.562. The van der Waals surface area contributed by atoms with Crippen molar-refractivity contribution in [1.82, 2.24) is 5.59 Å². The molecule has 1 saturated heterocycles. The molecule has 0 bridgehead atoms. The number of aryl methyl sites for hydroxylation is 1. The average Bonchev–Trinajstić information content (AvgIpc) is 3.27. The molecule has 6 nitrogen and oxygen atoms in total. The third kappa shape index (κ3) is 2.77. The first kappa shape index (κ1) is 15.1. The minimum Gasteiger partial charge on any atom is -0.363 e. The molecule has 3 fully saturated rings. The lowest BCUT2D eigenvalue weighted by molar-refractivity contribution is 0.196. The number of epoxide rings is 1. The fourth-order valence-corrected chi connectivity index (χ4v) is 4.54. The van der Waals surface area contributed by atoms with Crippen molar-refractivity contribution in [3.05, 3.63) is 29.8 Å². The van der Waals surface area contributed by atoms with E-state index in [1.165, 1.54) is 31.4 Å². The molecule has 0 aromatic heterocycles. The Hall–Kier alpha value is -1.44. The van der Waals surface area contributed by atoms with Crippen molar-refractivity contribution in [2.45, 2.75) is 49.7 Å². The molecule has 4 unspecified atom stereocenters. The van der Waals surface area contributed by atoms with Gasteiger partial charge in [-0.15, -0.1) is 4.28 Å². The Balaban J connectivity index is 1.44. The highest BCUT2D eigenvalue weighted by Crippen LogP contribution is 2.51. The second-order valence-corrected chi connectivity index (χ2v) is 8.10. The predicted octanol–water partition coefficient (Wildman–Crippen LogP) is 2.15. The molecule has 4 atom stereocenters. The lowest BCUT2D eigenvalue weighted by Crippen LogP contribution is -2.27. The van der Waals surface area contributed by atoms with Crippen LogP contribution < -0.4 is 5.59 Å². The molecule has 1 N–H and O–H groups in total. The second kappa shape index (κ2) is 5.58. The van der Waals surface area contributed by atoms with Crippen LogP contribution in [0.4, 0.5) is 0 Å². The van der Waals surface area contributed by atoms with Crippen LogP contribution in [0.2, 0.25) is 0 Å². The molecule has 0 radical (unpaired) electrons. The summed E-state index contributed by atoms with van der Waals surface area (Å²) >= 11 is 0. The molecular formula is C16H20N2O4S. The summed E-state index contributed by atoms with van der Waals surface area (Å²) in [6.07, 6.45) is 5.06. The van der Waals surface area contributed by atoms with Crippen molar-refractivity contribution in [2.24, 2.45) is 16.9 Å². The number of rotatable bonds is 4. The van der Waals surface area contributed by atoms with Gasteiger partial charge in [-0.05, 0) is 37.8 Å². The van der Waals surface area contributed by atoms with Crippen LogP contribution in [0.1, 0.15) is 31.2 Å². The summed E-state index contributed by atoms with van der Waals surface area (Å²) in [6, 6.07) is 6.50. The summed E-state index contributed by atoms with van der Waals surface area (Å²) in [5.41, 5.74) is 4.20. The quantitative estimate of drug-likeness (QED) is 0.673. The lowest BCUT2D eigenvalue weighted by atomic mass is 9.80. The van der Waals surface area contributed by atoms with Crippen LogP contribution in [0, 0.1) is 18.8 Å². The normalized spacial score (nSPS) is 34.0. The van der Waals surface area contributed by atoms with Gasteiger partial charge in [0.15, 0.2) is 0 Å². The lowest BCUT2D eigenvalue weighted by Gasteiger charge is -2.26. The van der Waals surface area contributed by atoms with Gasteiger partial charge >= 0.3 is 10.1 Å². The van der Waals surface area contributed by atoms with Gasteiger partial charge in [0.2, 0.25) is 0 Å². The largest absolute Gasteiger partial charge is 0.363 e. The minimum atomic E-state index is -3.86. The molecule has 3 aliphatic rings. The molecule has 1 aliphatic heterocycles. The standard InChI is InChI=1S/C16H20N2O4S/c1-10-6-8-11(9-7-10)23(19,20)22-18-17-14-12-4-2-3-5-13(12)15-16(14)21-15/h6-9,12-13,15-16,18H,2-5H2,1H3. The van der Waals surface area contributed by atoms with Crippen LogP contribution >= 0.6 is 0 Å². The molecule has 1 heterocycles. The maximum Gasteiger partial charge on any atom is 0.318 e. The van der Waals surface area contributed by atoms with Gasteiger partial charge < -0.3 is 4.74 Å². The molecular weight excluding hydrogens is 316 g/mol. The van der Waals surface area contributed by atoms with Crippen LogP contribution in [-0.4, -0.2) is 26.3 Å². The molecule has 1 aromatic carbocycles. The minimum absolute atomic E-state index is 0.0567. The summed E-state index contributed by atoms with van der Waals surface area (Å²) in [5, 5.41) is 4.20. The Morgan fingerprint density at radius 2 is 1.96 bits per heavy atom. The molecule has 23 heavy (non-hydrogen) atoms. The SMILES string of the molecule is Cc1ccc(S(=O)(=O)ONN=C2C3CCCCC3C3OC23)cc1. The zero-order chi connectivity index (χ0) is 16.0. The van der Waals surface area contributed by atoms with Crippen molar-refractivity contribution < 1.29 is 17.4 Å². The van der Waals surface area contributed by atoms with E-state index >= 15 is 0 Å². The van der Waals surface area contributed by atoms with Gasteiger partial charge in [-0.1, -0.05) is 30.5 Å². The highest BCUT2D eigenvalue weighted by Gasteiger charge is 2.60. The van der Waals surface area contributed by atoms with Gasteiger partial charge in [0.25, 0.3) is 0 Å². The van der Waals surface area contributed by atoms with E-state index < -0.39 is 10.1 Å². The maximum atomic E-state index is 12.1. The zero-order valence-electron chi connectivity index (χ0n) is 12.9. The summed E-state index contributed by atoms with van der Waals surface area (Å²) in [4.78, 5) is 0.110. The van der Waals surface area contributed by atoms with E-state index in [1.54, 1.807) is 12.1 Å². The van der Waals surface area contributed by atoms with E-state index in [-0.39, 0.29) is 17.1 Å². The number of hydrazone groups is 1. The molecule has 4 rings (SSSR count). The highest BCUT2D eigenvalue weighted by molar-refractivity contribution is 7.86. The summed E-state index contributed by atoms with van der Waals surface area (Å²) in [5.74, 6) is 0.952. The molecule has 2 aliphatic carbocycles. The molecule has 1 aromatic rings. The Labute approximate surface area is 135 Å². The Kier molecular flexibility index (Phi) is 3.66. The summed E-state index contributed by atoms with van der Waals surface area (Å²) in [7, 11) is -3.86. The molecule has 0 spiro atoms. The number of hydrogen-bond donors (Lipinski definition) is 1. The van der Waals surface area contributed by atoms with E-state index in [2.05, 4.69) is 10.7 Å². The monoisotopic (exact) mass is 336 g/mol. The average molecular weight is 336 g/mol. The van der Waals surface area contributed by atoms with Crippen LogP contribution in [0.25, 0.3) is 0 Å². The Morgan fingerprint density at radius 3 is 2.74 bits per heavy atom. The van der Waals surface area contributed by atoms with E-state index in [9.17, 15) is 8.42 Å². The highest BCUT2D eigenvalue weighted by atomic mass is 32.2. The third-order valence-electron chi connectivity index (χ3n) is 5.07. The van der Waals surface area contributed by atoms with Crippen LogP contribution in [0.5, 0.6) is 0 Å². The number of nitrogens with zero attached hydrogens (tertiary/aromatic N) is 1. The van der Waals surface area contributed by atoms with Gasteiger partial charge in [0.05, 0.1) is 16.7 Å². The van der Waals surface area contributed by atoms with Crippen LogP contribution in [0.15, 0.2) is 34.3 Å². The smallest absolute Gasteiger partial charge is 0.318 e. The van der Waals surface area contributed by atoms with Gasteiger partial charge in [-0.25, -0.2) is 0 Å². The second-order valence-electron chi connectivity index (χ2n) is 6.55. The van der Waals surface area contributed by atoms with Gasteiger partial charge in [-0.3, -0.25) is 0 Å². The number of nitrogens with one attached hydrogen (secondary N) is 1. The summed E-state index contributed by atoms with van der Waals surface area (Å²) in [6.45, 7) is 1.90. The van der Waals surface area contributed by atoms with Crippen molar-refractivity contribution >= 4 is 15.8 Å². The topological polar surface area (TPSA) is 80.3 Å². The fourth-order valence-electron chi connectivity index (χ4n) is 3.84. The van der Waals surface area contributed by atoms with Gasteiger partial charge in [0, 0.05) is 5.92 Å². The van der Waals surface area contributed by atoms with Crippen molar-refractivity contribution in [2.75, 3.05) is 0 Å². The third-order valence-corrected chi connectivity index (χ3v) is 6.21. The first-order valence-electron chi connectivity index (χ1n) is 8.04. The number of ether oxygens (including phenoxy) is 1. The first-order chi connectivity index (χ1) is 11.1. The molecule has 7 heteroatoms. The molecule has 2 saturated carbocycles. The van der Waals surface area contributed by atoms with E-state index in [0.717, 1.165) is 17.7 Å². The number of fused-ring (bicyclic) bond motifs is 3. The van der Waals surface area contributed by atoms with Crippen molar-refractivity contribution in [1.29, 1.82) is 0 Å². The number of benzene rings is 1. The van der Waals surface area contributed by atoms with E-state index in [4.69, 9.17) is 9.02 Å². The number of hydrogen-bond acceptors (Lipinski definition) is 6. The van der Waals surface area contributed by atoms with Crippen LogP contribution in [-0.2, 0) is 19.1 Å². The van der Waals surface area contributed by atoms with Crippen LogP contribution in [0.3, 0.4) is 0 Å². The maximum absolute atomic E-state index is 12.1. The van der Waals surface area contributed by atoms with Gasteiger partial charge in [-0.2, -0.15) is 19.1 Å². The van der Waals surface area contributed by atoms with Crippen molar-refractivity contribution in [3.63, 3.8) is 0 Å². The Morgan fingerprint density at radius 1 is 1.22 bits per heavy atom. The summed E-state index contributed by atoms with van der Waals surface area (Å²) < 4.78 is 34.7. The zero-order valence-corrected chi connectivity index (χ0v) is 13.8. The van der Waals surface area contributed by atoms with Gasteiger partial charge in [0.1, 0.15) is 6.10 Å². The Bertz CT molecular complexity index is 729. The molecule has 124 valence electrons. The van der Waals surface area contributed by atoms with E-state index in [0.29, 0.717) is 11.8 Å².